The molecule has 0 spiro atoms. The van der Waals surface area contributed by atoms with E-state index in [0.29, 0.717) is 48.1 Å². The third kappa shape index (κ3) is 3.18. The van der Waals surface area contributed by atoms with Gasteiger partial charge in [-0.05, 0) is 44.7 Å². The van der Waals surface area contributed by atoms with Gasteiger partial charge in [0.25, 0.3) is 11.4 Å². The Morgan fingerprint density at radius 2 is 2.23 bits per heavy atom. The second-order valence-electron chi connectivity index (χ2n) is 7.06. The van der Waals surface area contributed by atoms with E-state index >= 15 is 0 Å². The Morgan fingerprint density at radius 1 is 1.42 bits per heavy atom. The minimum absolute atomic E-state index is 0.157. The molecule has 3 heterocycles. The molecule has 7 nitrogen and oxygen atoms in total. The number of halogens is 1. The van der Waals surface area contributed by atoms with Gasteiger partial charge in [-0.25, -0.2) is 9.07 Å². The van der Waals surface area contributed by atoms with Crippen LogP contribution in [0.4, 0.5) is 4.39 Å². The third-order valence-electron chi connectivity index (χ3n) is 4.66. The highest BCUT2D eigenvalue weighted by atomic mass is 19.1. The Labute approximate surface area is 148 Å². The summed E-state index contributed by atoms with van der Waals surface area (Å²) in [4.78, 5) is 19.4. The van der Waals surface area contributed by atoms with E-state index in [2.05, 4.69) is 20.2 Å². The van der Waals surface area contributed by atoms with E-state index in [1.54, 1.807) is 29.1 Å². The minimum Gasteiger partial charge on any atom is -0.335 e. The van der Waals surface area contributed by atoms with Crippen molar-refractivity contribution in [1.82, 2.24) is 24.9 Å². The molecule has 26 heavy (non-hydrogen) atoms. The molecule has 0 amide bonds. The van der Waals surface area contributed by atoms with E-state index < -0.39 is 6.17 Å². The summed E-state index contributed by atoms with van der Waals surface area (Å²) in [5.41, 5.74) is 0.980. The molecule has 0 aliphatic heterocycles. The van der Waals surface area contributed by atoms with Gasteiger partial charge in [0.05, 0.1) is 6.20 Å². The van der Waals surface area contributed by atoms with Crippen LogP contribution in [-0.2, 0) is 6.42 Å². The molecular formula is C18H20FN5O2. The van der Waals surface area contributed by atoms with Crippen molar-refractivity contribution in [2.24, 2.45) is 5.92 Å². The first-order chi connectivity index (χ1) is 12.5. The molecule has 0 radical (unpaired) electrons. The lowest BCUT2D eigenvalue weighted by Gasteiger charge is -2.28. The van der Waals surface area contributed by atoms with Gasteiger partial charge >= 0.3 is 0 Å². The van der Waals surface area contributed by atoms with Crippen molar-refractivity contribution in [3.8, 4) is 0 Å². The normalized spacial score (nSPS) is 20.3. The lowest BCUT2D eigenvalue weighted by atomic mass is 9.81. The monoisotopic (exact) mass is 357 g/mol. The van der Waals surface area contributed by atoms with Crippen molar-refractivity contribution in [3.05, 3.63) is 39.9 Å². The Kier molecular flexibility index (Phi) is 4.18. The number of nitrogens with one attached hydrogen (secondary N) is 1. The first-order valence-electron chi connectivity index (χ1n) is 8.75. The van der Waals surface area contributed by atoms with Gasteiger partial charge in [0, 0.05) is 29.5 Å². The van der Waals surface area contributed by atoms with Gasteiger partial charge in [-0.2, -0.15) is 10.1 Å². The van der Waals surface area contributed by atoms with Crippen LogP contribution in [-0.4, -0.2) is 31.1 Å². The predicted octanol–water partition coefficient (Wildman–Crippen LogP) is 3.15. The second-order valence-corrected chi connectivity index (χ2v) is 7.06. The summed E-state index contributed by atoms with van der Waals surface area (Å²) in [6, 6.07) is 1.94. The molecule has 3 aromatic rings. The number of hydrogen-bond acceptors (Lipinski definition) is 5. The van der Waals surface area contributed by atoms with Crippen LogP contribution in [0.25, 0.3) is 23.2 Å². The van der Waals surface area contributed by atoms with Crippen LogP contribution in [0.2, 0.25) is 0 Å². The van der Waals surface area contributed by atoms with Gasteiger partial charge in [0.2, 0.25) is 0 Å². The quantitative estimate of drug-likeness (QED) is 0.758. The average Bonchev–Trinajstić information content (AvgIpc) is 3.17. The van der Waals surface area contributed by atoms with Crippen molar-refractivity contribution in [2.75, 3.05) is 0 Å². The van der Waals surface area contributed by atoms with Crippen molar-refractivity contribution >= 4 is 23.2 Å². The van der Waals surface area contributed by atoms with E-state index in [1.807, 2.05) is 13.8 Å². The summed E-state index contributed by atoms with van der Waals surface area (Å²) in [6.07, 6.45) is 6.05. The molecule has 1 aliphatic carbocycles. The first kappa shape index (κ1) is 16.7. The molecule has 1 aliphatic rings. The number of rotatable bonds is 5. The zero-order chi connectivity index (χ0) is 18.3. The van der Waals surface area contributed by atoms with Gasteiger partial charge in [-0.1, -0.05) is 5.16 Å². The highest BCUT2D eigenvalue weighted by molar-refractivity contribution is 5.79. The molecule has 0 saturated heterocycles. The van der Waals surface area contributed by atoms with E-state index in [-0.39, 0.29) is 11.6 Å². The van der Waals surface area contributed by atoms with E-state index in [9.17, 15) is 9.18 Å². The van der Waals surface area contributed by atoms with Crippen molar-refractivity contribution in [3.63, 3.8) is 0 Å². The van der Waals surface area contributed by atoms with E-state index in [4.69, 9.17) is 4.52 Å². The van der Waals surface area contributed by atoms with Gasteiger partial charge in [0.1, 0.15) is 11.8 Å². The van der Waals surface area contributed by atoms with Crippen LogP contribution < -0.4 is 5.56 Å². The maximum atomic E-state index is 12.9. The smallest absolute Gasteiger partial charge is 0.256 e. The molecule has 1 N–H and O–H groups in total. The lowest BCUT2D eigenvalue weighted by Crippen LogP contribution is -2.26. The molecule has 4 rings (SSSR count). The second kappa shape index (κ2) is 6.51. The van der Waals surface area contributed by atoms with Gasteiger partial charge in [-0.15, -0.1) is 0 Å². The first-order valence-corrected chi connectivity index (χ1v) is 8.75. The minimum atomic E-state index is -0.687. The molecule has 1 saturated carbocycles. The predicted molar refractivity (Wildman–Crippen MR) is 95.3 cm³/mol. The van der Waals surface area contributed by atoms with Crippen LogP contribution in [0.3, 0.4) is 0 Å². The molecule has 0 aromatic carbocycles. The number of fused-ring (bicyclic) bond motifs is 1. The Morgan fingerprint density at radius 3 is 2.96 bits per heavy atom. The van der Waals surface area contributed by atoms with E-state index in [0.717, 1.165) is 5.39 Å². The Bertz CT molecular complexity index is 1010. The van der Waals surface area contributed by atoms with Gasteiger partial charge in [0.15, 0.2) is 5.82 Å². The van der Waals surface area contributed by atoms with Gasteiger partial charge < -0.3 is 9.51 Å². The fourth-order valence-electron chi connectivity index (χ4n) is 3.20. The molecule has 136 valence electrons. The van der Waals surface area contributed by atoms with Gasteiger partial charge in [-0.3, -0.25) is 4.79 Å². The summed E-state index contributed by atoms with van der Waals surface area (Å²) >= 11 is 0. The molecule has 1 fully saturated rings. The van der Waals surface area contributed by atoms with Crippen LogP contribution in [0.1, 0.15) is 50.0 Å². The lowest BCUT2D eigenvalue weighted by molar-refractivity contribution is 0.129. The number of aromatic nitrogens is 5. The van der Waals surface area contributed by atoms with Crippen molar-refractivity contribution in [2.45, 2.75) is 45.3 Å². The Hall–Kier alpha value is -2.77. The van der Waals surface area contributed by atoms with Crippen molar-refractivity contribution < 1.29 is 8.91 Å². The van der Waals surface area contributed by atoms with Crippen LogP contribution in [0, 0.1) is 5.92 Å². The van der Waals surface area contributed by atoms with Crippen LogP contribution in [0.15, 0.2) is 21.6 Å². The highest BCUT2D eigenvalue weighted by Gasteiger charge is 2.30. The van der Waals surface area contributed by atoms with Crippen LogP contribution in [0.5, 0.6) is 0 Å². The number of nitrogens with zero attached hydrogens (tertiary/aromatic N) is 4. The van der Waals surface area contributed by atoms with Crippen molar-refractivity contribution in [1.29, 1.82) is 0 Å². The molecular weight excluding hydrogens is 337 g/mol. The summed E-state index contributed by atoms with van der Waals surface area (Å²) in [7, 11) is 0. The molecule has 0 atom stereocenters. The Balaban J connectivity index is 1.52. The molecule has 0 unspecified atom stereocenters. The average molecular weight is 357 g/mol. The SMILES string of the molecule is CC(C)n1ncc2cc(/C=C/c3nc(CC4CC(F)C4)no3)c(=O)[nH]c21. The zero-order valence-corrected chi connectivity index (χ0v) is 14.6. The maximum Gasteiger partial charge on any atom is 0.256 e. The standard InChI is InChI=1S/C18H20FN5O2/c1-10(2)24-17-13(9-20-24)8-12(18(25)22-17)3-4-16-21-15(23-26-16)7-11-5-14(19)6-11/h3-4,8-11,14H,5-7H2,1-2H3,(H,22,25)/b4-3+. The number of pyridine rings is 1. The summed E-state index contributed by atoms with van der Waals surface area (Å²) in [5, 5.41) is 9.07. The zero-order valence-electron chi connectivity index (χ0n) is 14.6. The number of hydrogen-bond donors (Lipinski definition) is 1. The fraction of sp³-hybridized carbons (Fsp3) is 0.444. The number of aromatic amines is 1. The third-order valence-corrected chi connectivity index (χ3v) is 4.66. The van der Waals surface area contributed by atoms with Crippen LogP contribution >= 0.6 is 0 Å². The number of alkyl halides is 1. The summed E-state index contributed by atoms with van der Waals surface area (Å²) < 4.78 is 19.8. The molecule has 3 aromatic heterocycles. The topological polar surface area (TPSA) is 89.6 Å². The number of H-pyrrole nitrogens is 1. The maximum absolute atomic E-state index is 12.9. The van der Waals surface area contributed by atoms with E-state index in [1.165, 1.54) is 0 Å². The summed E-state index contributed by atoms with van der Waals surface area (Å²) in [5.74, 6) is 1.19. The fourth-order valence-corrected chi connectivity index (χ4v) is 3.20. The largest absolute Gasteiger partial charge is 0.335 e. The molecule has 8 heteroatoms. The summed E-state index contributed by atoms with van der Waals surface area (Å²) in [6.45, 7) is 4.01. The molecule has 0 bridgehead atoms. The highest BCUT2D eigenvalue weighted by Crippen LogP contribution is 2.32.